The summed E-state index contributed by atoms with van der Waals surface area (Å²) in [6.07, 6.45) is 10.9. The summed E-state index contributed by atoms with van der Waals surface area (Å²) in [5, 5.41) is 3.52. The van der Waals surface area contributed by atoms with Gasteiger partial charge in [-0.15, -0.1) is 0 Å². The van der Waals surface area contributed by atoms with Crippen molar-refractivity contribution < 1.29 is 0 Å². The van der Waals surface area contributed by atoms with Crippen molar-refractivity contribution in [3.8, 4) is 0 Å². The highest BCUT2D eigenvalue weighted by Crippen LogP contribution is 2.19. The molecule has 0 spiro atoms. The Hall–Kier alpha value is -4.18. The summed E-state index contributed by atoms with van der Waals surface area (Å²) in [6.45, 7) is 11.8. The van der Waals surface area contributed by atoms with E-state index in [-0.39, 0.29) is 0 Å². The molecule has 0 unspecified atom stereocenters. The highest BCUT2D eigenvalue weighted by atomic mass is 15.2. The summed E-state index contributed by atoms with van der Waals surface area (Å²) in [7, 11) is 0. The minimum Gasteiger partial charge on any atom is -0.379 e. The van der Waals surface area contributed by atoms with Crippen molar-refractivity contribution in [3.63, 3.8) is 0 Å². The van der Waals surface area contributed by atoms with E-state index in [0.29, 0.717) is 6.54 Å². The lowest BCUT2D eigenvalue weighted by Crippen LogP contribution is -2.26. The van der Waals surface area contributed by atoms with Crippen LogP contribution in [0.2, 0.25) is 0 Å². The average molecular weight is 477 g/mol. The first-order valence-corrected chi connectivity index (χ1v) is 12.4. The SMILES string of the molecule is C=C/C=C\N=CCc1ccc(CN(Cc2ccc(CC)cc2)/C(=C\N=C)CNc2ccccc2)cc1. The number of rotatable bonds is 14. The van der Waals surface area contributed by atoms with Crippen molar-refractivity contribution in [1.29, 1.82) is 0 Å². The normalized spacial score (nSPS) is 11.6. The molecule has 36 heavy (non-hydrogen) atoms. The number of allylic oxidation sites excluding steroid dienone is 2. The molecule has 0 radical (unpaired) electrons. The second kappa shape index (κ2) is 14.9. The minimum absolute atomic E-state index is 0.656. The Morgan fingerprint density at radius 1 is 0.861 bits per heavy atom. The quantitative estimate of drug-likeness (QED) is 0.197. The van der Waals surface area contributed by atoms with Gasteiger partial charge >= 0.3 is 0 Å². The number of nitrogens with zero attached hydrogens (tertiary/aromatic N) is 3. The van der Waals surface area contributed by atoms with Crippen LogP contribution in [0.25, 0.3) is 0 Å². The van der Waals surface area contributed by atoms with Gasteiger partial charge in [-0.25, -0.2) is 0 Å². The lowest BCUT2D eigenvalue weighted by molar-refractivity contribution is 0.325. The molecule has 0 aliphatic rings. The lowest BCUT2D eigenvalue weighted by Gasteiger charge is -2.28. The van der Waals surface area contributed by atoms with Gasteiger partial charge in [0.25, 0.3) is 0 Å². The Balaban J connectivity index is 1.77. The zero-order valence-electron chi connectivity index (χ0n) is 21.2. The molecule has 0 saturated heterocycles. The minimum atomic E-state index is 0.656. The third-order valence-corrected chi connectivity index (χ3v) is 5.84. The average Bonchev–Trinajstić information content (AvgIpc) is 2.92. The number of aliphatic imine (C=N–C) groups is 2. The van der Waals surface area contributed by atoms with Crippen LogP contribution in [0.3, 0.4) is 0 Å². The number of hydrogen-bond acceptors (Lipinski definition) is 4. The van der Waals surface area contributed by atoms with Gasteiger partial charge in [-0.2, -0.15) is 0 Å². The fourth-order valence-corrected chi connectivity index (χ4v) is 3.78. The fourth-order valence-electron chi connectivity index (χ4n) is 3.78. The van der Waals surface area contributed by atoms with Crippen molar-refractivity contribution in [2.45, 2.75) is 32.9 Å². The van der Waals surface area contributed by atoms with Crippen LogP contribution in [-0.4, -0.2) is 24.4 Å². The van der Waals surface area contributed by atoms with Gasteiger partial charge in [0.2, 0.25) is 0 Å². The van der Waals surface area contributed by atoms with E-state index >= 15 is 0 Å². The number of benzene rings is 3. The molecule has 0 heterocycles. The van der Waals surface area contributed by atoms with E-state index in [9.17, 15) is 0 Å². The molecule has 0 saturated carbocycles. The van der Waals surface area contributed by atoms with Gasteiger partial charge in [-0.05, 0) is 53.6 Å². The maximum absolute atomic E-state index is 4.26. The molecule has 0 aliphatic heterocycles. The van der Waals surface area contributed by atoms with Gasteiger partial charge in [-0.3, -0.25) is 9.98 Å². The maximum atomic E-state index is 4.26. The van der Waals surface area contributed by atoms with E-state index in [0.717, 1.165) is 37.3 Å². The van der Waals surface area contributed by atoms with Crippen LogP contribution in [0.15, 0.2) is 126 Å². The van der Waals surface area contributed by atoms with Gasteiger partial charge < -0.3 is 10.2 Å². The first-order valence-electron chi connectivity index (χ1n) is 12.4. The van der Waals surface area contributed by atoms with Gasteiger partial charge in [0.1, 0.15) is 0 Å². The molecule has 0 aromatic heterocycles. The summed E-state index contributed by atoms with van der Waals surface area (Å²) < 4.78 is 0. The second-order valence-corrected chi connectivity index (χ2v) is 8.48. The lowest BCUT2D eigenvalue weighted by atomic mass is 10.1. The Labute approximate surface area is 216 Å². The molecule has 0 amide bonds. The van der Waals surface area contributed by atoms with E-state index in [1.807, 2.05) is 36.7 Å². The molecular weight excluding hydrogens is 440 g/mol. The predicted molar refractivity (Wildman–Crippen MR) is 156 cm³/mol. The highest BCUT2D eigenvalue weighted by Gasteiger charge is 2.12. The third-order valence-electron chi connectivity index (χ3n) is 5.84. The summed E-state index contributed by atoms with van der Waals surface area (Å²) in [5.74, 6) is 0. The van der Waals surface area contributed by atoms with Crippen LogP contribution in [0, 0.1) is 0 Å². The standard InChI is InChI=1S/C32H36N4/c1-4-6-21-34-22-20-28-14-18-30(19-15-28)26-36(25-29-16-12-27(5-2)13-17-29)32(23-33-3)24-35-31-10-8-7-9-11-31/h4,6-19,21-23,35H,1,3,5,20,24-26H2,2H3/b21-6-,32-23-,34-22?. The molecule has 3 aromatic rings. The van der Waals surface area contributed by atoms with Crippen LogP contribution in [-0.2, 0) is 25.9 Å². The molecule has 184 valence electrons. The monoisotopic (exact) mass is 476 g/mol. The molecule has 0 aliphatic carbocycles. The Bertz CT molecular complexity index is 1160. The third kappa shape index (κ3) is 8.88. The van der Waals surface area contributed by atoms with Crippen molar-refractivity contribution in [1.82, 2.24) is 4.90 Å². The number of para-hydroxylation sites is 1. The Kier molecular flexibility index (Phi) is 11.0. The van der Waals surface area contributed by atoms with E-state index in [1.54, 1.807) is 12.3 Å². The predicted octanol–water partition coefficient (Wildman–Crippen LogP) is 7.22. The summed E-state index contributed by atoms with van der Waals surface area (Å²) in [4.78, 5) is 10.8. The van der Waals surface area contributed by atoms with Gasteiger partial charge in [0.05, 0.1) is 12.2 Å². The zero-order chi connectivity index (χ0) is 25.4. The zero-order valence-corrected chi connectivity index (χ0v) is 21.2. The van der Waals surface area contributed by atoms with E-state index in [2.05, 4.69) is 101 Å². The highest BCUT2D eigenvalue weighted by molar-refractivity contribution is 5.62. The first-order chi connectivity index (χ1) is 17.7. The summed E-state index contributed by atoms with van der Waals surface area (Å²) in [5.41, 5.74) is 7.24. The molecule has 0 fully saturated rings. The number of aryl methyl sites for hydroxylation is 1. The Morgan fingerprint density at radius 2 is 1.47 bits per heavy atom. The maximum Gasteiger partial charge on any atom is 0.0565 e. The van der Waals surface area contributed by atoms with E-state index < -0.39 is 0 Å². The van der Waals surface area contributed by atoms with Crippen LogP contribution in [0.5, 0.6) is 0 Å². The van der Waals surface area contributed by atoms with Crippen LogP contribution >= 0.6 is 0 Å². The fraction of sp³-hybridized carbons (Fsp3) is 0.188. The van der Waals surface area contributed by atoms with Crippen molar-refractivity contribution >= 4 is 18.6 Å². The van der Waals surface area contributed by atoms with E-state index in [4.69, 9.17) is 0 Å². The smallest absolute Gasteiger partial charge is 0.0565 e. The summed E-state index contributed by atoms with van der Waals surface area (Å²) in [6, 6.07) is 27.8. The second-order valence-electron chi connectivity index (χ2n) is 8.48. The van der Waals surface area contributed by atoms with Gasteiger partial charge in [0, 0.05) is 43.8 Å². The molecule has 3 rings (SSSR count). The van der Waals surface area contributed by atoms with Gasteiger partial charge in [-0.1, -0.05) is 86.3 Å². The topological polar surface area (TPSA) is 40.0 Å². The van der Waals surface area contributed by atoms with Crippen LogP contribution in [0.4, 0.5) is 5.69 Å². The molecule has 4 heteroatoms. The number of nitrogens with one attached hydrogen (secondary N) is 1. The largest absolute Gasteiger partial charge is 0.379 e. The van der Waals surface area contributed by atoms with Crippen molar-refractivity contribution in [2.24, 2.45) is 9.98 Å². The first kappa shape index (κ1) is 26.4. The molecule has 0 atom stereocenters. The van der Waals surface area contributed by atoms with Gasteiger partial charge in [0.15, 0.2) is 0 Å². The molecule has 0 bridgehead atoms. The molecule has 1 N–H and O–H groups in total. The number of anilines is 1. The van der Waals surface area contributed by atoms with Crippen LogP contribution in [0.1, 0.15) is 29.2 Å². The molecule has 4 nitrogen and oxygen atoms in total. The Morgan fingerprint density at radius 3 is 2.06 bits per heavy atom. The van der Waals surface area contributed by atoms with Crippen molar-refractivity contribution in [3.05, 3.63) is 138 Å². The molecule has 3 aromatic carbocycles. The summed E-state index contributed by atoms with van der Waals surface area (Å²) >= 11 is 0. The molecular formula is C32H36N4. The van der Waals surface area contributed by atoms with E-state index in [1.165, 1.54) is 22.3 Å². The van der Waals surface area contributed by atoms with Crippen molar-refractivity contribution in [2.75, 3.05) is 11.9 Å². The van der Waals surface area contributed by atoms with Crippen LogP contribution < -0.4 is 5.32 Å². The number of hydrogen-bond donors (Lipinski definition) is 1.